The summed E-state index contributed by atoms with van der Waals surface area (Å²) >= 11 is 12.9. The van der Waals surface area contributed by atoms with E-state index in [-0.39, 0.29) is 0 Å². The number of aromatic nitrogens is 3. The lowest BCUT2D eigenvalue weighted by atomic mass is 10.5. The number of halogens is 2. The monoisotopic (exact) mass is 257 g/mol. The molecule has 0 aromatic carbocycles. The summed E-state index contributed by atoms with van der Waals surface area (Å²) in [4.78, 5) is 12.0. The highest BCUT2D eigenvalue weighted by Crippen LogP contribution is 2.25. The van der Waals surface area contributed by atoms with Gasteiger partial charge in [0.25, 0.3) is 0 Å². The molecule has 0 amide bonds. The van der Waals surface area contributed by atoms with Gasteiger partial charge in [-0.2, -0.15) is 0 Å². The molecule has 2 heterocycles. The molecule has 3 nitrogen and oxygen atoms in total. The highest BCUT2D eigenvalue weighted by Gasteiger charge is 2.01. The van der Waals surface area contributed by atoms with Crippen molar-refractivity contribution in [3.63, 3.8) is 0 Å². The quantitative estimate of drug-likeness (QED) is 0.774. The van der Waals surface area contributed by atoms with Gasteiger partial charge in [0.1, 0.15) is 21.5 Å². The molecule has 0 fully saturated rings. The summed E-state index contributed by atoms with van der Waals surface area (Å²) < 4.78 is 0. The van der Waals surface area contributed by atoms with Gasteiger partial charge in [-0.15, -0.1) is 0 Å². The predicted octanol–water partition coefficient (Wildman–Crippen LogP) is 3.33. The third-order valence-electron chi connectivity index (χ3n) is 1.52. The van der Waals surface area contributed by atoms with Crippen LogP contribution in [0.25, 0.3) is 0 Å². The minimum absolute atomic E-state index is 0.418. The van der Waals surface area contributed by atoms with Gasteiger partial charge in [-0.3, -0.25) is 0 Å². The molecule has 0 saturated carbocycles. The molecule has 2 aromatic rings. The Balaban J connectivity index is 2.18. The number of rotatable bonds is 2. The molecular weight excluding hydrogens is 253 g/mol. The van der Waals surface area contributed by atoms with Gasteiger partial charge in [0.2, 0.25) is 0 Å². The molecule has 0 spiro atoms. The summed E-state index contributed by atoms with van der Waals surface area (Å²) in [5.41, 5.74) is 0. The van der Waals surface area contributed by atoms with E-state index < -0.39 is 0 Å². The molecule has 2 rings (SSSR count). The molecule has 6 heteroatoms. The molecule has 0 aliphatic carbocycles. The van der Waals surface area contributed by atoms with E-state index in [9.17, 15) is 0 Å². The molecule has 0 bridgehead atoms. The van der Waals surface area contributed by atoms with Crippen LogP contribution in [0, 0.1) is 0 Å². The van der Waals surface area contributed by atoms with Crippen molar-refractivity contribution < 1.29 is 0 Å². The lowest BCUT2D eigenvalue weighted by molar-refractivity contribution is 1.04. The molecule has 0 atom stereocenters. The second-order valence-corrected chi connectivity index (χ2v) is 4.46. The number of hydrogen-bond donors (Lipinski definition) is 0. The fourth-order valence-electron chi connectivity index (χ4n) is 0.903. The summed E-state index contributed by atoms with van der Waals surface area (Å²) in [6.45, 7) is 0. The molecule has 0 N–H and O–H groups in total. The number of nitrogens with zero attached hydrogens (tertiary/aromatic N) is 3. The van der Waals surface area contributed by atoms with Crippen LogP contribution in [0.4, 0.5) is 0 Å². The first-order valence-electron chi connectivity index (χ1n) is 4.01. The maximum Gasteiger partial charge on any atom is 0.133 e. The van der Waals surface area contributed by atoms with Crippen LogP contribution in [0.5, 0.6) is 0 Å². The van der Waals surface area contributed by atoms with Crippen molar-refractivity contribution >= 4 is 35.0 Å². The molecule has 0 saturated heterocycles. The highest BCUT2D eigenvalue weighted by molar-refractivity contribution is 7.99. The Kier molecular flexibility index (Phi) is 3.41. The van der Waals surface area contributed by atoms with E-state index in [1.165, 1.54) is 18.1 Å². The van der Waals surface area contributed by atoms with Crippen molar-refractivity contribution in [3.05, 3.63) is 40.9 Å². The summed E-state index contributed by atoms with van der Waals surface area (Å²) in [7, 11) is 0. The highest BCUT2D eigenvalue weighted by atomic mass is 35.5. The van der Waals surface area contributed by atoms with E-state index >= 15 is 0 Å². The molecule has 0 aliphatic rings. The zero-order valence-corrected chi connectivity index (χ0v) is 9.72. The van der Waals surface area contributed by atoms with Crippen LogP contribution < -0.4 is 0 Å². The topological polar surface area (TPSA) is 38.7 Å². The van der Waals surface area contributed by atoms with Gasteiger partial charge >= 0.3 is 0 Å². The van der Waals surface area contributed by atoms with Crippen molar-refractivity contribution in [2.24, 2.45) is 0 Å². The summed E-state index contributed by atoms with van der Waals surface area (Å²) in [6, 6.07) is 5.28. The van der Waals surface area contributed by atoms with Gasteiger partial charge in [-0.25, -0.2) is 15.0 Å². The van der Waals surface area contributed by atoms with Gasteiger partial charge in [-0.05, 0) is 23.9 Å². The average molecular weight is 258 g/mol. The Morgan fingerprint density at radius 2 is 1.87 bits per heavy atom. The Labute approximate surface area is 101 Å². The molecule has 0 unspecified atom stereocenters. The lowest BCUT2D eigenvalue weighted by Gasteiger charge is -1.99. The smallest absolute Gasteiger partial charge is 0.133 e. The van der Waals surface area contributed by atoms with Crippen LogP contribution in [0.15, 0.2) is 40.8 Å². The van der Waals surface area contributed by atoms with Crippen molar-refractivity contribution in [1.82, 2.24) is 15.0 Å². The minimum Gasteiger partial charge on any atom is -0.248 e. The summed E-state index contributed by atoms with van der Waals surface area (Å²) in [6.07, 6.45) is 3.01. The largest absolute Gasteiger partial charge is 0.248 e. The molecule has 0 aliphatic heterocycles. The lowest BCUT2D eigenvalue weighted by Crippen LogP contribution is -1.84. The zero-order chi connectivity index (χ0) is 10.7. The van der Waals surface area contributed by atoms with Crippen molar-refractivity contribution in [1.29, 1.82) is 0 Å². The summed E-state index contributed by atoms with van der Waals surface area (Å²) in [5, 5.41) is 2.60. The van der Waals surface area contributed by atoms with Gasteiger partial charge < -0.3 is 0 Å². The van der Waals surface area contributed by atoms with Crippen LogP contribution >= 0.6 is 35.0 Å². The standard InChI is InChI=1S/C9H5Cl2N3S/c10-6-1-2-8(12-4-6)15-9-3-7(11)13-5-14-9/h1-5H. The van der Waals surface area contributed by atoms with Crippen molar-refractivity contribution in [3.8, 4) is 0 Å². The van der Waals surface area contributed by atoms with Crippen LogP contribution in [0.3, 0.4) is 0 Å². The Morgan fingerprint density at radius 3 is 2.53 bits per heavy atom. The maximum atomic E-state index is 5.73. The van der Waals surface area contributed by atoms with Crippen LogP contribution in [-0.2, 0) is 0 Å². The molecule has 0 radical (unpaired) electrons. The number of hydrogen-bond acceptors (Lipinski definition) is 4. The van der Waals surface area contributed by atoms with Gasteiger partial charge in [0, 0.05) is 12.3 Å². The fraction of sp³-hybridized carbons (Fsp3) is 0. The van der Waals surface area contributed by atoms with E-state index in [1.807, 2.05) is 6.07 Å². The van der Waals surface area contributed by atoms with Gasteiger partial charge in [-0.1, -0.05) is 23.2 Å². The predicted molar refractivity (Wildman–Crippen MR) is 60.4 cm³/mol. The van der Waals surface area contributed by atoms with E-state index in [4.69, 9.17) is 23.2 Å². The van der Waals surface area contributed by atoms with Crippen LogP contribution in [0.1, 0.15) is 0 Å². The second kappa shape index (κ2) is 4.79. The fourth-order valence-corrected chi connectivity index (χ4v) is 1.95. The van der Waals surface area contributed by atoms with Gasteiger partial charge in [0.05, 0.1) is 5.02 Å². The molecule has 15 heavy (non-hydrogen) atoms. The van der Waals surface area contributed by atoms with E-state index in [2.05, 4.69) is 15.0 Å². The SMILES string of the molecule is Clc1ccc(Sc2cc(Cl)ncn2)nc1. The van der Waals surface area contributed by atoms with Crippen LogP contribution in [0.2, 0.25) is 10.2 Å². The molecular formula is C9H5Cl2N3S. The number of pyridine rings is 1. The van der Waals surface area contributed by atoms with E-state index in [1.54, 1.807) is 18.3 Å². The Morgan fingerprint density at radius 1 is 1.00 bits per heavy atom. The second-order valence-electron chi connectivity index (χ2n) is 2.60. The van der Waals surface area contributed by atoms with E-state index in [0.29, 0.717) is 10.2 Å². The first-order chi connectivity index (χ1) is 7.24. The molecule has 76 valence electrons. The Bertz CT molecular complexity index is 461. The van der Waals surface area contributed by atoms with E-state index in [0.717, 1.165) is 10.1 Å². The normalized spacial score (nSPS) is 10.3. The summed E-state index contributed by atoms with van der Waals surface area (Å²) in [5.74, 6) is 0. The van der Waals surface area contributed by atoms with Crippen molar-refractivity contribution in [2.45, 2.75) is 10.1 Å². The zero-order valence-electron chi connectivity index (χ0n) is 7.39. The van der Waals surface area contributed by atoms with Crippen molar-refractivity contribution in [2.75, 3.05) is 0 Å². The first kappa shape index (κ1) is 10.7. The third kappa shape index (κ3) is 3.06. The third-order valence-corrected chi connectivity index (χ3v) is 2.83. The van der Waals surface area contributed by atoms with Gasteiger partial charge in [0.15, 0.2) is 0 Å². The van der Waals surface area contributed by atoms with Crippen LogP contribution in [-0.4, -0.2) is 15.0 Å². The Hall–Kier alpha value is -0.840. The maximum absolute atomic E-state index is 5.73. The minimum atomic E-state index is 0.418. The first-order valence-corrected chi connectivity index (χ1v) is 5.58. The molecule has 2 aromatic heterocycles. The average Bonchev–Trinajstić information content (AvgIpc) is 2.22.